The van der Waals surface area contributed by atoms with Gasteiger partial charge in [-0.2, -0.15) is 0 Å². The van der Waals surface area contributed by atoms with Crippen LogP contribution in [0.15, 0.2) is 53.9 Å². The molecular formula is C20H19FN2O3S. The van der Waals surface area contributed by atoms with E-state index in [1.807, 2.05) is 5.38 Å². The average molecular weight is 386 g/mol. The normalized spacial score (nSPS) is 10.4. The molecule has 0 atom stereocenters. The maximum atomic E-state index is 13.0. The number of carbonyl (C=O) groups is 1. The molecule has 3 rings (SSSR count). The summed E-state index contributed by atoms with van der Waals surface area (Å²) in [7, 11) is 1.59. The van der Waals surface area contributed by atoms with Gasteiger partial charge in [0, 0.05) is 23.9 Å². The van der Waals surface area contributed by atoms with Crippen molar-refractivity contribution in [3.05, 3.63) is 65.4 Å². The van der Waals surface area contributed by atoms with Gasteiger partial charge in [-0.1, -0.05) is 0 Å². The number of amides is 1. The third-order valence-corrected chi connectivity index (χ3v) is 4.72. The highest BCUT2D eigenvalue weighted by Crippen LogP contribution is 2.24. The zero-order valence-corrected chi connectivity index (χ0v) is 15.6. The number of halogens is 1. The minimum Gasteiger partial charge on any atom is -0.497 e. The van der Waals surface area contributed by atoms with Crippen molar-refractivity contribution in [3.63, 3.8) is 0 Å². The van der Waals surface area contributed by atoms with Crippen molar-refractivity contribution in [3.8, 4) is 22.1 Å². The second kappa shape index (κ2) is 9.14. The summed E-state index contributed by atoms with van der Waals surface area (Å²) in [5.74, 6) is 0.874. The van der Waals surface area contributed by atoms with Gasteiger partial charge in [0.2, 0.25) is 0 Å². The first-order chi connectivity index (χ1) is 13.1. The molecule has 1 N–H and O–H groups in total. The number of aromatic nitrogens is 1. The number of carbonyl (C=O) groups excluding carboxylic acids is 1. The molecule has 0 aliphatic rings. The van der Waals surface area contributed by atoms with Crippen LogP contribution < -0.4 is 14.8 Å². The summed E-state index contributed by atoms with van der Waals surface area (Å²) in [4.78, 5) is 16.4. The molecule has 1 amide bonds. The number of ether oxygens (including phenoxy) is 2. The summed E-state index contributed by atoms with van der Waals surface area (Å²) < 4.78 is 23.5. The molecule has 2 aromatic carbocycles. The van der Waals surface area contributed by atoms with Gasteiger partial charge in [0.05, 0.1) is 12.8 Å². The lowest BCUT2D eigenvalue weighted by atomic mass is 10.2. The van der Waals surface area contributed by atoms with E-state index in [-0.39, 0.29) is 18.3 Å². The Morgan fingerprint density at radius 1 is 1.11 bits per heavy atom. The van der Waals surface area contributed by atoms with Crippen LogP contribution in [0.2, 0.25) is 0 Å². The van der Waals surface area contributed by atoms with Crippen LogP contribution in [0, 0.1) is 5.82 Å². The predicted octanol–water partition coefficient (Wildman–Crippen LogP) is 3.70. The van der Waals surface area contributed by atoms with Crippen molar-refractivity contribution in [1.29, 1.82) is 0 Å². The van der Waals surface area contributed by atoms with Gasteiger partial charge in [-0.25, -0.2) is 9.37 Å². The zero-order chi connectivity index (χ0) is 19.1. The number of hydrogen-bond acceptors (Lipinski definition) is 5. The number of rotatable bonds is 8. The van der Waals surface area contributed by atoms with Gasteiger partial charge in [-0.15, -0.1) is 11.3 Å². The van der Waals surface area contributed by atoms with E-state index in [9.17, 15) is 9.18 Å². The van der Waals surface area contributed by atoms with E-state index in [0.29, 0.717) is 18.7 Å². The van der Waals surface area contributed by atoms with Gasteiger partial charge in [0.25, 0.3) is 5.91 Å². The fraction of sp³-hybridized carbons (Fsp3) is 0.200. The lowest BCUT2D eigenvalue weighted by Crippen LogP contribution is -2.30. The van der Waals surface area contributed by atoms with Crippen LogP contribution in [0.3, 0.4) is 0 Å². The highest BCUT2D eigenvalue weighted by molar-refractivity contribution is 7.13. The van der Waals surface area contributed by atoms with E-state index in [4.69, 9.17) is 9.47 Å². The average Bonchev–Trinajstić information content (AvgIpc) is 3.16. The minimum absolute atomic E-state index is 0.0514. The molecule has 27 heavy (non-hydrogen) atoms. The Bertz CT molecular complexity index is 879. The van der Waals surface area contributed by atoms with E-state index >= 15 is 0 Å². The lowest BCUT2D eigenvalue weighted by Gasteiger charge is -2.07. The first-order valence-electron chi connectivity index (χ1n) is 8.38. The topological polar surface area (TPSA) is 60.5 Å². The van der Waals surface area contributed by atoms with Gasteiger partial charge in [0.1, 0.15) is 22.3 Å². The van der Waals surface area contributed by atoms with Crippen molar-refractivity contribution in [2.24, 2.45) is 0 Å². The third-order valence-electron chi connectivity index (χ3n) is 3.78. The molecule has 0 bridgehead atoms. The molecule has 1 aromatic heterocycles. The Morgan fingerprint density at radius 3 is 2.52 bits per heavy atom. The number of nitrogens with one attached hydrogen (secondary N) is 1. The highest BCUT2D eigenvalue weighted by atomic mass is 32.1. The van der Waals surface area contributed by atoms with Crippen LogP contribution in [0.5, 0.6) is 11.5 Å². The smallest absolute Gasteiger partial charge is 0.257 e. The Balaban J connectivity index is 1.41. The molecule has 0 aliphatic carbocycles. The molecule has 0 fully saturated rings. The first kappa shape index (κ1) is 18.8. The van der Waals surface area contributed by atoms with Crippen LogP contribution in [-0.2, 0) is 11.2 Å². The molecule has 0 aliphatic heterocycles. The van der Waals surface area contributed by atoms with E-state index < -0.39 is 0 Å². The number of hydrogen-bond donors (Lipinski definition) is 1. The van der Waals surface area contributed by atoms with Crippen LogP contribution in [0.4, 0.5) is 4.39 Å². The SMILES string of the molecule is COc1ccc(OCC(=O)NCCc2csc(-c3ccc(F)cc3)n2)cc1. The van der Waals surface area contributed by atoms with E-state index in [1.54, 1.807) is 43.5 Å². The summed E-state index contributed by atoms with van der Waals surface area (Å²) >= 11 is 1.50. The summed E-state index contributed by atoms with van der Waals surface area (Å²) in [6.07, 6.45) is 0.617. The maximum absolute atomic E-state index is 13.0. The lowest BCUT2D eigenvalue weighted by molar-refractivity contribution is -0.123. The predicted molar refractivity (Wildman–Crippen MR) is 103 cm³/mol. The number of nitrogens with zero attached hydrogens (tertiary/aromatic N) is 1. The number of benzene rings is 2. The van der Waals surface area contributed by atoms with Crippen LogP contribution in [0.1, 0.15) is 5.69 Å². The standard InChI is InChI=1S/C20H19FN2O3S/c1-25-17-6-8-18(9-7-17)26-12-19(24)22-11-10-16-13-27-20(23-16)14-2-4-15(21)5-3-14/h2-9,13H,10-12H2,1H3,(H,22,24). The Hall–Kier alpha value is -2.93. The molecule has 0 saturated heterocycles. The van der Waals surface area contributed by atoms with Crippen molar-refractivity contribution in [2.45, 2.75) is 6.42 Å². The van der Waals surface area contributed by atoms with Gasteiger partial charge in [-0.05, 0) is 48.5 Å². The third kappa shape index (κ3) is 5.52. The maximum Gasteiger partial charge on any atom is 0.257 e. The highest BCUT2D eigenvalue weighted by Gasteiger charge is 2.07. The molecule has 0 radical (unpaired) electrons. The van der Waals surface area contributed by atoms with Crippen molar-refractivity contribution in [2.75, 3.05) is 20.3 Å². The number of thiazole rings is 1. The van der Waals surface area contributed by atoms with E-state index in [0.717, 1.165) is 22.0 Å². The Kier molecular flexibility index (Phi) is 6.38. The van der Waals surface area contributed by atoms with Crippen molar-refractivity contribution >= 4 is 17.2 Å². The fourth-order valence-electron chi connectivity index (χ4n) is 2.35. The Labute approximate surface area is 160 Å². The van der Waals surface area contributed by atoms with E-state index in [1.165, 1.54) is 23.5 Å². The van der Waals surface area contributed by atoms with Gasteiger partial charge >= 0.3 is 0 Å². The quantitative estimate of drug-likeness (QED) is 0.641. The molecule has 0 spiro atoms. The molecule has 0 saturated carbocycles. The van der Waals surface area contributed by atoms with Crippen LogP contribution in [0.25, 0.3) is 10.6 Å². The first-order valence-corrected chi connectivity index (χ1v) is 9.26. The largest absolute Gasteiger partial charge is 0.497 e. The van der Waals surface area contributed by atoms with Gasteiger partial charge in [-0.3, -0.25) is 4.79 Å². The summed E-state index contributed by atoms with van der Waals surface area (Å²) in [5.41, 5.74) is 1.76. The van der Waals surface area contributed by atoms with Crippen LogP contribution in [-0.4, -0.2) is 31.2 Å². The Morgan fingerprint density at radius 2 is 1.81 bits per heavy atom. The summed E-state index contributed by atoms with van der Waals surface area (Å²) in [6, 6.07) is 13.3. The number of methoxy groups -OCH3 is 1. The summed E-state index contributed by atoms with van der Waals surface area (Å²) in [5, 5.41) is 5.58. The van der Waals surface area contributed by atoms with E-state index in [2.05, 4.69) is 10.3 Å². The zero-order valence-electron chi connectivity index (χ0n) is 14.8. The van der Waals surface area contributed by atoms with Gasteiger partial charge in [0.15, 0.2) is 6.61 Å². The molecular weight excluding hydrogens is 367 g/mol. The molecule has 3 aromatic rings. The summed E-state index contributed by atoms with van der Waals surface area (Å²) in [6.45, 7) is 0.418. The molecule has 7 heteroatoms. The fourth-order valence-corrected chi connectivity index (χ4v) is 3.21. The molecule has 1 heterocycles. The molecule has 140 valence electrons. The molecule has 5 nitrogen and oxygen atoms in total. The van der Waals surface area contributed by atoms with Gasteiger partial charge < -0.3 is 14.8 Å². The minimum atomic E-state index is -0.268. The molecule has 0 unspecified atom stereocenters. The second-order valence-corrected chi connectivity index (χ2v) is 6.57. The van der Waals surface area contributed by atoms with Crippen LogP contribution >= 0.6 is 11.3 Å². The van der Waals surface area contributed by atoms with Crippen molar-refractivity contribution in [1.82, 2.24) is 10.3 Å². The monoisotopic (exact) mass is 386 g/mol. The van der Waals surface area contributed by atoms with Crippen molar-refractivity contribution < 1.29 is 18.7 Å². The second-order valence-electron chi connectivity index (χ2n) is 5.72.